The van der Waals surface area contributed by atoms with E-state index in [1.54, 1.807) is 19.2 Å². The van der Waals surface area contributed by atoms with Crippen molar-refractivity contribution < 1.29 is 9.53 Å². The first-order valence-electron chi connectivity index (χ1n) is 7.78. The molecule has 0 aliphatic rings. The lowest BCUT2D eigenvalue weighted by molar-refractivity contribution is 0.175. The molecule has 10 heteroatoms. The summed E-state index contributed by atoms with van der Waals surface area (Å²) in [6.45, 7) is 3.49. The van der Waals surface area contributed by atoms with Gasteiger partial charge in [0.2, 0.25) is 0 Å². The second kappa shape index (κ2) is 9.13. The molecule has 0 saturated heterocycles. The summed E-state index contributed by atoms with van der Waals surface area (Å²) in [6, 6.07) is 6.43. The summed E-state index contributed by atoms with van der Waals surface area (Å²) in [4.78, 5) is 24.2. The Balaban J connectivity index is 2.29. The molecule has 1 heterocycles. The summed E-state index contributed by atoms with van der Waals surface area (Å²) in [6.07, 6.45) is -0.787. The van der Waals surface area contributed by atoms with E-state index in [2.05, 4.69) is 15.2 Å². The van der Waals surface area contributed by atoms with Crippen molar-refractivity contribution >= 4 is 46.7 Å². The molecule has 0 fully saturated rings. The van der Waals surface area contributed by atoms with Crippen molar-refractivity contribution in [3.05, 3.63) is 44.2 Å². The molecule has 27 heavy (non-hydrogen) atoms. The minimum atomic E-state index is -0.787. The number of hydrogen-bond acceptors (Lipinski definition) is 6. The summed E-state index contributed by atoms with van der Waals surface area (Å²) < 4.78 is 5.89. The third kappa shape index (κ3) is 5.39. The molecular formula is C17H16Cl2N4O3S. The van der Waals surface area contributed by atoms with E-state index in [-0.39, 0.29) is 18.1 Å². The minimum absolute atomic E-state index is 0.0444. The number of carbonyl (C=O) groups excluding carboxylic acids is 1. The van der Waals surface area contributed by atoms with Crippen LogP contribution >= 0.6 is 35.0 Å². The van der Waals surface area contributed by atoms with Crippen LogP contribution in [0.5, 0.6) is 0 Å². The second-order valence-corrected chi connectivity index (χ2v) is 7.60. The van der Waals surface area contributed by atoms with Crippen LogP contribution in [0.3, 0.4) is 0 Å². The first-order chi connectivity index (χ1) is 12.7. The van der Waals surface area contributed by atoms with Gasteiger partial charge >= 0.3 is 6.09 Å². The molecule has 0 aliphatic heterocycles. The lowest BCUT2D eigenvalue weighted by atomic mass is 10.1. The van der Waals surface area contributed by atoms with E-state index in [1.165, 1.54) is 28.6 Å². The summed E-state index contributed by atoms with van der Waals surface area (Å²) in [5.41, 5.74) is 0.816. The van der Waals surface area contributed by atoms with Crippen LogP contribution in [0.15, 0.2) is 32.9 Å². The number of nitrogens with one attached hydrogen (secondary N) is 1. The number of aryl methyl sites for hydroxylation is 1. The highest BCUT2D eigenvalue weighted by Gasteiger charge is 2.15. The number of nitriles is 1. The van der Waals surface area contributed by atoms with Crippen LogP contribution in [0, 0.1) is 11.3 Å². The number of anilines is 1. The average molecular weight is 427 g/mol. The predicted molar refractivity (Wildman–Crippen MR) is 105 cm³/mol. The second-order valence-electron chi connectivity index (χ2n) is 5.75. The van der Waals surface area contributed by atoms with E-state index in [1.807, 2.05) is 13.8 Å². The minimum Gasteiger partial charge on any atom is -0.434 e. The van der Waals surface area contributed by atoms with E-state index < -0.39 is 6.09 Å². The third-order valence-electron chi connectivity index (χ3n) is 3.41. The fraction of sp³-hybridized carbons (Fsp3) is 0.294. The zero-order valence-electron chi connectivity index (χ0n) is 14.7. The van der Waals surface area contributed by atoms with Gasteiger partial charge in [-0.1, -0.05) is 48.8 Å². The standard InChI is InChI=1S/C17H16Cl2N4O3S/c1-9(2)11-8-14(22-23(3)16(11)24)27-15-12(18)6-10(7-13(15)19)21-17(25)26-5-4-20/h6-9H,5H2,1-3H3,(H,21,25). The van der Waals surface area contributed by atoms with Gasteiger partial charge in [0, 0.05) is 18.3 Å². The molecule has 142 valence electrons. The first-order valence-corrected chi connectivity index (χ1v) is 9.36. The Morgan fingerprint density at radius 1 is 1.37 bits per heavy atom. The quantitative estimate of drug-likeness (QED) is 0.758. The highest BCUT2D eigenvalue weighted by molar-refractivity contribution is 7.99. The lowest BCUT2D eigenvalue weighted by Crippen LogP contribution is -2.24. The van der Waals surface area contributed by atoms with Crippen molar-refractivity contribution in [2.75, 3.05) is 11.9 Å². The summed E-state index contributed by atoms with van der Waals surface area (Å²) in [5, 5.41) is 16.2. The van der Waals surface area contributed by atoms with Crippen LogP contribution in [0.2, 0.25) is 10.0 Å². The third-order valence-corrected chi connectivity index (χ3v) is 5.28. The molecule has 0 spiro atoms. The predicted octanol–water partition coefficient (Wildman–Crippen LogP) is 4.43. The van der Waals surface area contributed by atoms with Gasteiger partial charge in [-0.25, -0.2) is 9.48 Å². The molecule has 0 radical (unpaired) electrons. The Morgan fingerprint density at radius 3 is 2.56 bits per heavy atom. The van der Waals surface area contributed by atoms with Crippen LogP contribution in [0.1, 0.15) is 25.3 Å². The van der Waals surface area contributed by atoms with Crippen molar-refractivity contribution in [3.63, 3.8) is 0 Å². The van der Waals surface area contributed by atoms with Crippen molar-refractivity contribution in [2.45, 2.75) is 29.7 Å². The van der Waals surface area contributed by atoms with Crippen molar-refractivity contribution in [2.24, 2.45) is 7.05 Å². The SMILES string of the molecule is CC(C)c1cc(Sc2c(Cl)cc(NC(=O)OCC#N)cc2Cl)nn(C)c1=O. The average Bonchev–Trinajstić information content (AvgIpc) is 2.58. The van der Waals surface area contributed by atoms with Crippen molar-refractivity contribution in [1.29, 1.82) is 5.26 Å². The first kappa shape index (κ1) is 21.1. The van der Waals surface area contributed by atoms with E-state index in [9.17, 15) is 9.59 Å². The number of nitrogens with zero attached hydrogens (tertiary/aromatic N) is 3. The van der Waals surface area contributed by atoms with Gasteiger partial charge in [0.15, 0.2) is 6.61 Å². The van der Waals surface area contributed by atoms with Gasteiger partial charge in [-0.2, -0.15) is 10.4 Å². The summed E-state index contributed by atoms with van der Waals surface area (Å²) in [7, 11) is 1.58. The highest BCUT2D eigenvalue weighted by Crippen LogP contribution is 2.40. The maximum Gasteiger partial charge on any atom is 0.412 e. The Bertz CT molecular complexity index is 947. The van der Waals surface area contributed by atoms with Gasteiger partial charge in [0.05, 0.1) is 14.9 Å². The molecule has 2 aromatic rings. The monoisotopic (exact) mass is 426 g/mol. The normalized spacial score (nSPS) is 10.6. The maximum atomic E-state index is 12.1. The molecule has 0 bridgehead atoms. The lowest BCUT2D eigenvalue weighted by Gasteiger charge is -2.12. The fourth-order valence-corrected chi connectivity index (χ4v) is 3.74. The molecule has 1 N–H and O–H groups in total. The number of rotatable bonds is 5. The molecule has 1 aromatic heterocycles. The zero-order valence-corrected chi connectivity index (χ0v) is 17.1. The van der Waals surface area contributed by atoms with Crippen LogP contribution < -0.4 is 10.9 Å². The molecule has 0 aliphatic carbocycles. The van der Waals surface area contributed by atoms with Gasteiger partial charge in [0.25, 0.3) is 5.56 Å². The van der Waals surface area contributed by atoms with Crippen LogP contribution in [-0.2, 0) is 11.8 Å². The van der Waals surface area contributed by atoms with Crippen LogP contribution in [0.25, 0.3) is 0 Å². The van der Waals surface area contributed by atoms with Crippen molar-refractivity contribution in [1.82, 2.24) is 9.78 Å². The number of ether oxygens (including phenoxy) is 1. The smallest absolute Gasteiger partial charge is 0.412 e. The van der Waals surface area contributed by atoms with Crippen LogP contribution in [-0.4, -0.2) is 22.5 Å². The largest absolute Gasteiger partial charge is 0.434 e. The van der Waals surface area contributed by atoms with E-state index in [0.29, 0.717) is 31.2 Å². The Hall–Kier alpha value is -2.21. The van der Waals surface area contributed by atoms with E-state index >= 15 is 0 Å². The number of amides is 1. The topological polar surface area (TPSA) is 97.0 Å². The summed E-state index contributed by atoms with van der Waals surface area (Å²) in [5.74, 6) is 0.0444. The van der Waals surface area contributed by atoms with Gasteiger partial charge < -0.3 is 4.74 Å². The summed E-state index contributed by atoms with van der Waals surface area (Å²) >= 11 is 13.8. The number of hydrogen-bond donors (Lipinski definition) is 1. The van der Waals surface area contributed by atoms with Gasteiger partial charge in [-0.15, -0.1) is 0 Å². The number of carbonyl (C=O) groups is 1. The highest BCUT2D eigenvalue weighted by atomic mass is 35.5. The fourth-order valence-electron chi connectivity index (χ4n) is 2.15. The molecule has 1 amide bonds. The number of halogens is 2. The molecule has 1 aromatic carbocycles. The molecule has 0 saturated carbocycles. The number of benzene rings is 1. The van der Waals surface area contributed by atoms with Gasteiger partial charge in [-0.05, 0) is 24.1 Å². The molecule has 7 nitrogen and oxygen atoms in total. The molecular weight excluding hydrogens is 411 g/mol. The van der Waals surface area contributed by atoms with Crippen molar-refractivity contribution in [3.8, 4) is 6.07 Å². The van der Waals surface area contributed by atoms with Gasteiger partial charge in [-0.3, -0.25) is 10.1 Å². The molecule has 0 unspecified atom stereocenters. The Kier molecular flexibility index (Phi) is 7.13. The number of aromatic nitrogens is 2. The maximum absolute atomic E-state index is 12.1. The zero-order chi connectivity index (χ0) is 20.1. The Morgan fingerprint density at radius 2 is 2.00 bits per heavy atom. The van der Waals surface area contributed by atoms with Crippen LogP contribution in [0.4, 0.5) is 10.5 Å². The van der Waals surface area contributed by atoms with Gasteiger partial charge in [0.1, 0.15) is 11.1 Å². The van der Waals surface area contributed by atoms with E-state index in [0.717, 1.165) is 0 Å². The van der Waals surface area contributed by atoms with E-state index in [4.69, 9.17) is 28.5 Å². The Labute approximate surface area is 170 Å². The molecule has 2 rings (SSSR count). The molecule has 0 atom stereocenters.